The van der Waals surface area contributed by atoms with Crippen molar-refractivity contribution in [1.82, 2.24) is 19.6 Å². The van der Waals surface area contributed by atoms with Crippen LogP contribution >= 0.6 is 0 Å². The number of hydrogen-bond donors (Lipinski definition) is 0. The Hall–Kier alpha value is -5.52. The molecule has 8 rings (SSSR count). The van der Waals surface area contributed by atoms with Crippen LogP contribution in [0.2, 0.25) is 0 Å². The molecule has 0 aliphatic rings. The van der Waals surface area contributed by atoms with Crippen LogP contribution in [0.15, 0.2) is 94.0 Å². The topological polar surface area (TPSA) is 61.9 Å². The summed E-state index contributed by atoms with van der Waals surface area (Å²) in [6.07, 6.45) is -6.68. The number of hydrogen-bond acceptors (Lipinski definition) is 4. The van der Waals surface area contributed by atoms with Gasteiger partial charge >= 0.3 is 12.4 Å². The van der Waals surface area contributed by atoms with Crippen LogP contribution in [-0.4, -0.2) is 19.6 Å². The maximum Gasteiger partial charge on any atom is 0.419 e. The van der Waals surface area contributed by atoms with Gasteiger partial charge in [-0.25, -0.2) is 9.36 Å². The molecule has 248 valence electrons. The fourth-order valence-corrected chi connectivity index (χ4v) is 6.60. The number of furan rings is 2. The number of nitrogens with zero attached hydrogens (tertiary/aromatic N) is 4. The predicted octanol–water partition coefficient (Wildman–Crippen LogP) is 10.8. The minimum absolute atomic E-state index is 0.188. The third kappa shape index (κ3) is 4.96. The van der Waals surface area contributed by atoms with Crippen molar-refractivity contribution < 1.29 is 35.2 Å². The summed E-state index contributed by atoms with van der Waals surface area (Å²) in [7, 11) is 0. The van der Waals surface area contributed by atoms with Gasteiger partial charge in [-0.05, 0) is 100.0 Å². The third-order valence-corrected chi connectivity index (χ3v) is 9.02. The number of aryl methyl sites for hydroxylation is 2. The lowest BCUT2D eigenvalue weighted by atomic mass is 9.82. The van der Waals surface area contributed by atoms with E-state index in [-0.39, 0.29) is 22.4 Å². The molecule has 0 saturated carbocycles. The predicted molar refractivity (Wildman–Crippen MR) is 173 cm³/mol. The Bertz CT molecular complexity index is 2600. The van der Waals surface area contributed by atoms with Crippen molar-refractivity contribution in [2.24, 2.45) is 0 Å². The summed E-state index contributed by atoms with van der Waals surface area (Å²) in [6.45, 7) is 7.05. The number of fused-ring (bicyclic) bond motifs is 6. The molecule has 4 heterocycles. The molecule has 6 nitrogen and oxygen atoms in total. The Labute approximate surface area is 274 Å². The van der Waals surface area contributed by atoms with Crippen LogP contribution in [0.3, 0.4) is 0 Å². The van der Waals surface area contributed by atoms with Gasteiger partial charge in [0.25, 0.3) is 0 Å². The second-order valence-corrected chi connectivity index (χ2v) is 12.8. The second kappa shape index (κ2) is 10.2. The van der Waals surface area contributed by atoms with Gasteiger partial charge in [0, 0.05) is 33.9 Å². The van der Waals surface area contributed by atoms with Gasteiger partial charge in [0.2, 0.25) is 0 Å². The lowest BCUT2D eigenvalue weighted by Crippen LogP contribution is -2.25. The van der Waals surface area contributed by atoms with E-state index < -0.39 is 28.9 Å². The van der Waals surface area contributed by atoms with Crippen LogP contribution in [0.5, 0.6) is 0 Å². The molecule has 0 amide bonds. The Kier molecular flexibility index (Phi) is 6.44. The Morgan fingerprint density at radius 1 is 0.551 bits per heavy atom. The summed E-state index contributed by atoms with van der Waals surface area (Å²) in [5.74, 6) is 0. The molecule has 0 bridgehead atoms. The number of aromatic nitrogens is 4. The van der Waals surface area contributed by atoms with Crippen molar-refractivity contribution >= 4 is 43.9 Å². The molecule has 12 heteroatoms. The minimum Gasteiger partial charge on any atom is -0.456 e. The van der Waals surface area contributed by atoms with Gasteiger partial charge in [-0.2, -0.15) is 36.5 Å². The van der Waals surface area contributed by atoms with E-state index in [4.69, 9.17) is 13.9 Å². The minimum atomic E-state index is -4.76. The lowest BCUT2D eigenvalue weighted by molar-refractivity contribution is -0.139. The standard InChI is InChI=1S/C37H26F6N4O2/c1-19-5-9-29-24(13-19)26-15-22(7-11-31(26)48-29)46-17-20(2)33(44-46)35(3,4)34-28(37(41,42)43)18-47(45-34)23-8-12-32-27(16-23)25-14-21(36(38,39)40)6-10-30(25)49-32/h5-18H,1-4H3. The first-order valence-corrected chi connectivity index (χ1v) is 15.3. The maximum atomic E-state index is 14.6. The molecule has 0 spiro atoms. The normalized spacial score (nSPS) is 13.1. The average Bonchev–Trinajstić information content (AvgIpc) is 3.82. The van der Waals surface area contributed by atoms with Gasteiger partial charge < -0.3 is 8.83 Å². The highest BCUT2D eigenvalue weighted by Gasteiger charge is 2.43. The van der Waals surface area contributed by atoms with Crippen LogP contribution in [-0.2, 0) is 17.8 Å². The number of benzene rings is 4. The van der Waals surface area contributed by atoms with Crippen LogP contribution < -0.4 is 0 Å². The van der Waals surface area contributed by atoms with E-state index in [1.807, 2.05) is 43.3 Å². The van der Waals surface area contributed by atoms with Crippen LogP contribution in [0.25, 0.3) is 55.3 Å². The first kappa shape index (κ1) is 30.8. The zero-order valence-electron chi connectivity index (χ0n) is 26.5. The molecule has 0 saturated heterocycles. The van der Waals surface area contributed by atoms with Crippen molar-refractivity contribution in [2.75, 3.05) is 0 Å². The van der Waals surface area contributed by atoms with Crippen LogP contribution in [0.4, 0.5) is 26.3 Å². The Balaban J connectivity index is 1.22. The zero-order chi connectivity index (χ0) is 34.6. The van der Waals surface area contributed by atoms with Gasteiger partial charge in [0.15, 0.2) is 0 Å². The molecular formula is C37H26F6N4O2. The quantitative estimate of drug-likeness (QED) is 0.175. The van der Waals surface area contributed by atoms with Crippen LogP contribution in [0.1, 0.15) is 47.5 Å². The van der Waals surface area contributed by atoms with E-state index >= 15 is 0 Å². The molecule has 0 aliphatic heterocycles. The lowest BCUT2D eigenvalue weighted by Gasteiger charge is -2.23. The van der Waals surface area contributed by atoms with Gasteiger partial charge in [-0.1, -0.05) is 11.6 Å². The van der Waals surface area contributed by atoms with E-state index in [0.29, 0.717) is 33.5 Å². The molecule has 4 aromatic carbocycles. The summed E-state index contributed by atoms with van der Waals surface area (Å²) in [4.78, 5) is 0. The van der Waals surface area contributed by atoms with Gasteiger partial charge in [0.1, 0.15) is 22.3 Å². The van der Waals surface area contributed by atoms with E-state index in [1.165, 1.54) is 24.3 Å². The monoisotopic (exact) mass is 672 g/mol. The Morgan fingerprint density at radius 2 is 1.04 bits per heavy atom. The SMILES string of the molecule is Cc1ccc2oc3ccc(-n4cc(C)c(C(C)(C)c5nn(-c6ccc7oc8ccc(C(F)(F)F)cc8c7c6)cc5C(F)(F)F)n4)cc3c2c1. The Morgan fingerprint density at radius 3 is 1.61 bits per heavy atom. The fraction of sp³-hybridized carbons (Fsp3) is 0.189. The molecular weight excluding hydrogens is 646 g/mol. The third-order valence-electron chi connectivity index (χ3n) is 9.02. The smallest absolute Gasteiger partial charge is 0.419 e. The summed E-state index contributed by atoms with van der Waals surface area (Å²) in [6, 6.07) is 19.1. The molecule has 8 aromatic rings. The van der Waals surface area contributed by atoms with E-state index in [2.05, 4.69) is 5.10 Å². The van der Waals surface area contributed by atoms with Crippen molar-refractivity contribution in [3.05, 3.63) is 119 Å². The zero-order valence-corrected chi connectivity index (χ0v) is 26.5. The fourth-order valence-electron chi connectivity index (χ4n) is 6.60. The highest BCUT2D eigenvalue weighted by atomic mass is 19.4. The first-order chi connectivity index (χ1) is 23.1. The summed E-state index contributed by atoms with van der Waals surface area (Å²) in [5, 5.41) is 11.6. The first-order valence-electron chi connectivity index (χ1n) is 15.3. The van der Waals surface area contributed by atoms with Gasteiger partial charge in [0.05, 0.1) is 39.3 Å². The second-order valence-electron chi connectivity index (χ2n) is 12.8. The molecule has 0 unspecified atom stereocenters. The van der Waals surface area contributed by atoms with Crippen molar-refractivity contribution in [2.45, 2.75) is 45.5 Å². The van der Waals surface area contributed by atoms with Crippen LogP contribution in [0, 0.1) is 13.8 Å². The number of alkyl halides is 6. The summed E-state index contributed by atoms with van der Waals surface area (Å²) >= 11 is 0. The number of rotatable bonds is 4. The average molecular weight is 673 g/mol. The summed E-state index contributed by atoms with van der Waals surface area (Å²) in [5.41, 5.74) is 1.64. The molecule has 0 radical (unpaired) electrons. The highest BCUT2D eigenvalue weighted by Crippen LogP contribution is 2.42. The van der Waals surface area contributed by atoms with Crippen molar-refractivity contribution in [1.29, 1.82) is 0 Å². The van der Waals surface area contributed by atoms with E-state index in [1.54, 1.807) is 31.6 Å². The van der Waals surface area contributed by atoms with Gasteiger partial charge in [-0.15, -0.1) is 0 Å². The molecule has 0 fully saturated rings. The van der Waals surface area contributed by atoms with Crippen molar-refractivity contribution in [3.8, 4) is 11.4 Å². The molecule has 4 aromatic heterocycles. The molecule has 0 N–H and O–H groups in total. The van der Waals surface area contributed by atoms with Crippen molar-refractivity contribution in [3.63, 3.8) is 0 Å². The van der Waals surface area contributed by atoms with Gasteiger partial charge in [-0.3, -0.25) is 0 Å². The number of halogens is 6. The maximum absolute atomic E-state index is 14.6. The molecule has 0 aliphatic carbocycles. The highest BCUT2D eigenvalue weighted by molar-refractivity contribution is 6.06. The molecule has 0 atom stereocenters. The molecule has 49 heavy (non-hydrogen) atoms. The van der Waals surface area contributed by atoms with E-state index in [9.17, 15) is 26.3 Å². The largest absolute Gasteiger partial charge is 0.456 e. The summed E-state index contributed by atoms with van der Waals surface area (Å²) < 4.78 is 98.7. The van der Waals surface area contributed by atoms with E-state index in [0.717, 1.165) is 44.9 Å².